The zero-order chi connectivity index (χ0) is 14.5. The van der Waals surface area contributed by atoms with Gasteiger partial charge in [-0.15, -0.1) is 11.8 Å². The fraction of sp³-hybridized carbons (Fsp3) is 0.294. The Morgan fingerprint density at radius 2 is 1.85 bits per heavy atom. The van der Waals surface area contributed by atoms with E-state index in [2.05, 4.69) is 36.5 Å². The number of thioether (sulfide) groups is 1. The highest BCUT2D eigenvalue weighted by Crippen LogP contribution is 2.28. The third-order valence-corrected chi connectivity index (χ3v) is 4.72. The number of halogens is 1. The molecule has 2 rings (SSSR count). The van der Waals surface area contributed by atoms with Gasteiger partial charge in [-0.25, -0.2) is 4.39 Å². The molecule has 2 aromatic carbocycles. The molecule has 106 valence electrons. The summed E-state index contributed by atoms with van der Waals surface area (Å²) >= 11 is 1.83. The number of hydrogen-bond acceptors (Lipinski definition) is 2. The van der Waals surface area contributed by atoms with Gasteiger partial charge < -0.3 is 5.32 Å². The number of benzene rings is 2. The maximum Gasteiger partial charge on any atom is 0.123 e. The van der Waals surface area contributed by atoms with Crippen LogP contribution in [0.15, 0.2) is 47.4 Å². The Hall–Kier alpha value is -1.32. The predicted molar refractivity (Wildman–Crippen MR) is 84.8 cm³/mol. The van der Waals surface area contributed by atoms with E-state index in [1.54, 1.807) is 6.07 Å². The maximum atomic E-state index is 13.2. The number of rotatable bonds is 5. The van der Waals surface area contributed by atoms with Crippen LogP contribution in [0.1, 0.15) is 22.7 Å². The molecular formula is C17H20FNS. The first-order valence-electron chi connectivity index (χ1n) is 6.73. The Morgan fingerprint density at radius 1 is 1.10 bits per heavy atom. The fourth-order valence-corrected chi connectivity index (χ4v) is 3.41. The maximum absolute atomic E-state index is 13.2. The second-order valence-corrected chi connectivity index (χ2v) is 5.98. The average Bonchev–Trinajstić information content (AvgIpc) is 2.43. The molecule has 20 heavy (non-hydrogen) atoms. The van der Waals surface area contributed by atoms with E-state index in [0.29, 0.717) is 0 Å². The summed E-state index contributed by atoms with van der Waals surface area (Å²) in [6.07, 6.45) is 0. The molecule has 0 amide bonds. The molecule has 0 aliphatic rings. The Kier molecular flexibility index (Phi) is 5.21. The summed E-state index contributed by atoms with van der Waals surface area (Å²) in [5.41, 5.74) is 3.45. The van der Waals surface area contributed by atoms with Crippen LogP contribution < -0.4 is 5.32 Å². The lowest BCUT2D eigenvalue weighted by atomic mass is 10.0. The molecule has 1 N–H and O–H groups in total. The van der Waals surface area contributed by atoms with Crippen LogP contribution in [-0.4, -0.2) is 12.8 Å². The van der Waals surface area contributed by atoms with Crippen LogP contribution in [0.4, 0.5) is 4.39 Å². The average molecular weight is 289 g/mol. The summed E-state index contributed by atoms with van der Waals surface area (Å²) in [5, 5.41) is 3.33. The van der Waals surface area contributed by atoms with Crippen LogP contribution in [-0.2, 0) is 0 Å². The summed E-state index contributed by atoms with van der Waals surface area (Å²) < 4.78 is 13.2. The lowest BCUT2D eigenvalue weighted by Gasteiger charge is -2.19. The number of aryl methyl sites for hydroxylation is 2. The standard InChI is InChI=1S/C17H20FNS/c1-12-6-4-5-7-17(12)20-11-16(19-3)15-9-8-14(18)10-13(15)2/h4-10,16,19H,11H2,1-3H3. The minimum absolute atomic E-state index is 0.173. The van der Waals surface area contributed by atoms with Gasteiger partial charge in [0.2, 0.25) is 0 Å². The summed E-state index contributed by atoms with van der Waals surface area (Å²) in [5.74, 6) is 0.751. The fourth-order valence-electron chi connectivity index (χ4n) is 2.25. The van der Waals surface area contributed by atoms with Crippen LogP contribution in [0.5, 0.6) is 0 Å². The van der Waals surface area contributed by atoms with E-state index in [4.69, 9.17) is 0 Å². The van der Waals surface area contributed by atoms with Crippen molar-refractivity contribution < 1.29 is 4.39 Å². The monoisotopic (exact) mass is 289 g/mol. The van der Waals surface area contributed by atoms with Crippen molar-refractivity contribution in [1.82, 2.24) is 5.32 Å². The molecule has 1 atom stereocenters. The van der Waals surface area contributed by atoms with Gasteiger partial charge in [0, 0.05) is 16.7 Å². The van der Waals surface area contributed by atoms with Crippen LogP contribution in [0, 0.1) is 19.7 Å². The van der Waals surface area contributed by atoms with Gasteiger partial charge in [0.1, 0.15) is 5.82 Å². The summed E-state index contributed by atoms with van der Waals surface area (Å²) in [6, 6.07) is 13.6. The molecule has 0 fully saturated rings. The first-order chi connectivity index (χ1) is 9.61. The van der Waals surface area contributed by atoms with E-state index >= 15 is 0 Å². The smallest absolute Gasteiger partial charge is 0.123 e. The van der Waals surface area contributed by atoms with Gasteiger partial charge in [-0.05, 0) is 55.8 Å². The van der Waals surface area contributed by atoms with Crippen molar-refractivity contribution in [2.24, 2.45) is 0 Å². The molecule has 0 bridgehead atoms. The predicted octanol–water partition coefficient (Wildman–Crippen LogP) is 4.50. The van der Waals surface area contributed by atoms with Gasteiger partial charge in [-0.3, -0.25) is 0 Å². The molecule has 0 aromatic heterocycles. The topological polar surface area (TPSA) is 12.0 Å². The molecule has 0 spiro atoms. The van der Waals surface area contributed by atoms with Crippen LogP contribution in [0.2, 0.25) is 0 Å². The molecule has 0 saturated heterocycles. The molecule has 0 aliphatic carbocycles. The van der Waals surface area contributed by atoms with Crippen molar-refractivity contribution in [1.29, 1.82) is 0 Å². The summed E-state index contributed by atoms with van der Waals surface area (Å²) in [6.45, 7) is 4.08. The molecular weight excluding hydrogens is 269 g/mol. The lowest BCUT2D eigenvalue weighted by Crippen LogP contribution is -2.19. The SMILES string of the molecule is CNC(CSc1ccccc1C)c1ccc(F)cc1C. The largest absolute Gasteiger partial charge is 0.312 e. The Balaban J connectivity index is 2.11. The highest BCUT2D eigenvalue weighted by atomic mass is 32.2. The van der Waals surface area contributed by atoms with Gasteiger partial charge in [0.15, 0.2) is 0 Å². The second kappa shape index (κ2) is 6.91. The van der Waals surface area contributed by atoms with Crippen molar-refractivity contribution >= 4 is 11.8 Å². The third kappa shape index (κ3) is 3.62. The van der Waals surface area contributed by atoms with Crippen molar-refractivity contribution in [2.75, 3.05) is 12.8 Å². The third-order valence-electron chi connectivity index (χ3n) is 3.45. The summed E-state index contributed by atoms with van der Waals surface area (Å²) in [7, 11) is 1.95. The second-order valence-electron chi connectivity index (χ2n) is 4.92. The molecule has 0 heterocycles. The Labute approximate surface area is 124 Å². The number of hydrogen-bond donors (Lipinski definition) is 1. The molecule has 0 saturated carbocycles. The van der Waals surface area contributed by atoms with Gasteiger partial charge in [-0.2, -0.15) is 0 Å². The first-order valence-corrected chi connectivity index (χ1v) is 7.72. The highest BCUT2D eigenvalue weighted by Gasteiger charge is 2.13. The van der Waals surface area contributed by atoms with E-state index in [9.17, 15) is 4.39 Å². The zero-order valence-electron chi connectivity index (χ0n) is 12.1. The first kappa shape index (κ1) is 15.1. The Bertz CT molecular complexity index is 583. The quantitative estimate of drug-likeness (QED) is 0.814. The zero-order valence-corrected chi connectivity index (χ0v) is 12.9. The van der Waals surface area contributed by atoms with E-state index in [1.807, 2.05) is 31.8 Å². The van der Waals surface area contributed by atoms with Crippen LogP contribution in [0.25, 0.3) is 0 Å². The van der Waals surface area contributed by atoms with Gasteiger partial charge in [-0.1, -0.05) is 24.3 Å². The van der Waals surface area contributed by atoms with Crippen molar-refractivity contribution in [3.63, 3.8) is 0 Å². The Morgan fingerprint density at radius 3 is 2.50 bits per heavy atom. The highest BCUT2D eigenvalue weighted by molar-refractivity contribution is 7.99. The van der Waals surface area contributed by atoms with Crippen molar-refractivity contribution in [2.45, 2.75) is 24.8 Å². The van der Waals surface area contributed by atoms with Gasteiger partial charge >= 0.3 is 0 Å². The van der Waals surface area contributed by atoms with Crippen LogP contribution >= 0.6 is 11.8 Å². The molecule has 1 unspecified atom stereocenters. The van der Waals surface area contributed by atoms with Crippen molar-refractivity contribution in [3.05, 3.63) is 65.0 Å². The van der Waals surface area contributed by atoms with E-state index in [-0.39, 0.29) is 11.9 Å². The number of nitrogens with one attached hydrogen (secondary N) is 1. The normalized spacial score (nSPS) is 12.4. The van der Waals surface area contributed by atoms with Gasteiger partial charge in [0.05, 0.1) is 0 Å². The van der Waals surface area contributed by atoms with Gasteiger partial charge in [0.25, 0.3) is 0 Å². The van der Waals surface area contributed by atoms with Crippen molar-refractivity contribution in [3.8, 4) is 0 Å². The van der Waals surface area contributed by atoms with E-state index in [0.717, 1.165) is 16.9 Å². The molecule has 1 nitrogen and oxygen atoms in total. The summed E-state index contributed by atoms with van der Waals surface area (Å²) in [4.78, 5) is 1.30. The molecule has 2 aromatic rings. The van der Waals surface area contributed by atoms with E-state index in [1.165, 1.54) is 16.5 Å². The molecule has 0 aliphatic heterocycles. The van der Waals surface area contributed by atoms with Crippen LogP contribution in [0.3, 0.4) is 0 Å². The lowest BCUT2D eigenvalue weighted by molar-refractivity contribution is 0.617. The van der Waals surface area contributed by atoms with E-state index < -0.39 is 0 Å². The minimum atomic E-state index is -0.173. The minimum Gasteiger partial charge on any atom is -0.312 e. The molecule has 0 radical (unpaired) electrons. The molecule has 3 heteroatoms.